The topological polar surface area (TPSA) is 122 Å². The third kappa shape index (κ3) is 5.73. The lowest BCUT2D eigenvalue weighted by molar-refractivity contribution is -0.111. The predicted octanol–water partition coefficient (Wildman–Crippen LogP) is 5.62. The van der Waals surface area contributed by atoms with Gasteiger partial charge in [0.25, 0.3) is 0 Å². The van der Waals surface area contributed by atoms with Gasteiger partial charge >= 0.3 is 6.03 Å². The van der Waals surface area contributed by atoms with Crippen molar-refractivity contribution < 1.29 is 9.59 Å². The van der Waals surface area contributed by atoms with Gasteiger partial charge in [0.1, 0.15) is 15.7 Å². The summed E-state index contributed by atoms with van der Waals surface area (Å²) in [7, 11) is 1.53. The van der Waals surface area contributed by atoms with E-state index >= 15 is 0 Å². The normalized spacial score (nSPS) is 11.2. The molecule has 2 heterocycles. The van der Waals surface area contributed by atoms with Crippen molar-refractivity contribution in [1.82, 2.24) is 15.3 Å². The van der Waals surface area contributed by atoms with Gasteiger partial charge in [0.2, 0.25) is 5.91 Å². The van der Waals surface area contributed by atoms with E-state index in [1.54, 1.807) is 6.08 Å². The summed E-state index contributed by atoms with van der Waals surface area (Å²) in [4.78, 5) is 33.7. The molecular weight excluding hydrogens is 480 g/mol. The highest BCUT2D eigenvalue weighted by Crippen LogP contribution is 2.38. The van der Waals surface area contributed by atoms with Gasteiger partial charge < -0.3 is 16.4 Å². The van der Waals surface area contributed by atoms with Crippen molar-refractivity contribution in [2.24, 2.45) is 0 Å². The SMILES string of the molecule is CNC(=O)Nc1nc(N)c(-c2nc(-c3cccc(NC(=O)/C=C(\C)c4ccccc4C)c3)cs2)s1. The van der Waals surface area contributed by atoms with E-state index in [1.807, 2.05) is 67.8 Å². The van der Waals surface area contributed by atoms with Gasteiger partial charge in [0, 0.05) is 29.8 Å². The Morgan fingerprint density at radius 3 is 2.63 bits per heavy atom. The van der Waals surface area contributed by atoms with E-state index in [0.717, 1.165) is 28.0 Å². The first kappa shape index (κ1) is 24.1. The lowest BCUT2D eigenvalue weighted by Crippen LogP contribution is -2.24. The van der Waals surface area contributed by atoms with E-state index in [1.165, 1.54) is 29.7 Å². The molecule has 4 aromatic rings. The van der Waals surface area contributed by atoms with Crippen LogP contribution in [0, 0.1) is 6.92 Å². The van der Waals surface area contributed by atoms with E-state index in [-0.39, 0.29) is 11.9 Å². The van der Waals surface area contributed by atoms with Crippen molar-refractivity contribution in [1.29, 1.82) is 0 Å². The number of amides is 3. The van der Waals surface area contributed by atoms with Crippen LogP contribution in [-0.4, -0.2) is 29.0 Å². The zero-order valence-electron chi connectivity index (χ0n) is 19.4. The van der Waals surface area contributed by atoms with Crippen molar-refractivity contribution in [3.63, 3.8) is 0 Å². The fraction of sp³-hybridized carbons (Fsp3) is 0.120. The highest BCUT2D eigenvalue weighted by atomic mass is 32.1. The van der Waals surface area contributed by atoms with Crippen molar-refractivity contribution in [3.05, 3.63) is 71.1 Å². The number of aryl methyl sites for hydroxylation is 1. The molecule has 178 valence electrons. The molecule has 35 heavy (non-hydrogen) atoms. The second kappa shape index (κ2) is 10.5. The maximum absolute atomic E-state index is 12.6. The third-order valence-corrected chi connectivity index (χ3v) is 7.13. The van der Waals surface area contributed by atoms with E-state index < -0.39 is 0 Å². The Kier molecular flexibility index (Phi) is 7.23. The molecule has 0 fully saturated rings. The quantitative estimate of drug-likeness (QED) is 0.254. The van der Waals surface area contributed by atoms with Gasteiger partial charge in [-0.1, -0.05) is 47.7 Å². The molecule has 5 N–H and O–H groups in total. The van der Waals surface area contributed by atoms with Crippen LogP contribution in [0.25, 0.3) is 26.7 Å². The number of nitrogens with zero attached hydrogens (tertiary/aromatic N) is 2. The summed E-state index contributed by atoms with van der Waals surface area (Å²) in [6.07, 6.45) is 1.60. The molecule has 0 radical (unpaired) electrons. The summed E-state index contributed by atoms with van der Waals surface area (Å²) < 4.78 is 0. The smallest absolute Gasteiger partial charge is 0.320 e. The number of urea groups is 1. The van der Waals surface area contributed by atoms with Crippen LogP contribution >= 0.6 is 22.7 Å². The number of rotatable bonds is 6. The number of nitrogen functional groups attached to an aromatic ring is 1. The number of hydrogen-bond donors (Lipinski definition) is 4. The molecule has 2 aromatic carbocycles. The van der Waals surface area contributed by atoms with Gasteiger partial charge in [0.15, 0.2) is 5.13 Å². The molecule has 3 amide bonds. The molecule has 0 aliphatic rings. The number of anilines is 3. The molecule has 10 heteroatoms. The minimum Gasteiger partial charge on any atom is -0.382 e. The molecular formula is C25H24N6O2S2. The highest BCUT2D eigenvalue weighted by Gasteiger charge is 2.16. The zero-order valence-corrected chi connectivity index (χ0v) is 21.0. The second-order valence-electron chi connectivity index (χ2n) is 7.69. The first-order chi connectivity index (χ1) is 16.8. The zero-order chi connectivity index (χ0) is 24.9. The van der Waals surface area contributed by atoms with Crippen LogP contribution in [0.1, 0.15) is 18.1 Å². The minimum absolute atomic E-state index is 0.199. The Balaban J connectivity index is 1.50. The number of nitrogens with two attached hydrogens (primary N) is 1. The maximum atomic E-state index is 12.6. The van der Waals surface area contributed by atoms with Crippen LogP contribution in [0.3, 0.4) is 0 Å². The second-order valence-corrected chi connectivity index (χ2v) is 9.54. The Hall–Kier alpha value is -4.02. The number of benzene rings is 2. The Morgan fingerprint density at radius 2 is 1.86 bits per heavy atom. The first-order valence-corrected chi connectivity index (χ1v) is 12.4. The van der Waals surface area contributed by atoms with Crippen LogP contribution in [-0.2, 0) is 4.79 Å². The molecule has 0 saturated carbocycles. The molecule has 0 spiro atoms. The Labute approximate surface area is 211 Å². The molecule has 4 rings (SSSR count). The van der Waals surface area contributed by atoms with E-state index in [9.17, 15) is 9.59 Å². The van der Waals surface area contributed by atoms with Crippen molar-refractivity contribution in [2.45, 2.75) is 13.8 Å². The minimum atomic E-state index is -0.368. The molecule has 0 saturated heterocycles. The van der Waals surface area contributed by atoms with Crippen LogP contribution in [0.2, 0.25) is 0 Å². The van der Waals surface area contributed by atoms with Gasteiger partial charge in [-0.25, -0.2) is 14.8 Å². The number of carbonyl (C=O) groups excluding carboxylic acids is 2. The Bertz CT molecular complexity index is 1420. The fourth-order valence-electron chi connectivity index (χ4n) is 3.43. The fourth-order valence-corrected chi connectivity index (χ4v) is 5.24. The average molecular weight is 505 g/mol. The summed E-state index contributed by atoms with van der Waals surface area (Å²) >= 11 is 2.69. The van der Waals surface area contributed by atoms with Crippen LogP contribution < -0.4 is 21.7 Å². The summed E-state index contributed by atoms with van der Waals surface area (Å²) in [5, 5.41) is 11.0. The third-order valence-electron chi connectivity index (χ3n) is 5.14. The first-order valence-electron chi connectivity index (χ1n) is 10.7. The van der Waals surface area contributed by atoms with E-state index in [2.05, 4.69) is 20.9 Å². The van der Waals surface area contributed by atoms with Crippen LogP contribution in [0.4, 0.5) is 21.4 Å². The average Bonchev–Trinajstić information content (AvgIpc) is 3.46. The standard InChI is InChI=1S/C25H24N6O2S2/c1-14-7-4-5-10-18(14)15(2)11-20(32)28-17-9-6-8-16(12-17)19-13-34-23(29-19)21-22(26)30-25(35-21)31-24(33)27-3/h4-13H,26H2,1-3H3,(H,28,32)(H2,27,30,31,33)/b15-11+. The summed E-state index contributed by atoms with van der Waals surface area (Å²) in [6.45, 7) is 3.95. The van der Waals surface area contributed by atoms with Gasteiger partial charge in [0.05, 0.1) is 5.69 Å². The van der Waals surface area contributed by atoms with Crippen LogP contribution in [0.5, 0.6) is 0 Å². The molecule has 8 nitrogen and oxygen atoms in total. The molecule has 0 atom stereocenters. The lowest BCUT2D eigenvalue weighted by Gasteiger charge is -2.07. The largest absolute Gasteiger partial charge is 0.382 e. The summed E-state index contributed by atoms with van der Waals surface area (Å²) in [5.41, 5.74) is 11.4. The van der Waals surface area contributed by atoms with Gasteiger partial charge in [-0.05, 0) is 42.7 Å². The maximum Gasteiger partial charge on any atom is 0.320 e. The number of nitrogens with one attached hydrogen (secondary N) is 3. The number of thiazole rings is 2. The van der Waals surface area contributed by atoms with Crippen LogP contribution in [0.15, 0.2) is 60.0 Å². The number of allylic oxidation sites excluding steroid dienone is 1. The molecule has 2 aromatic heterocycles. The highest BCUT2D eigenvalue weighted by molar-refractivity contribution is 7.23. The van der Waals surface area contributed by atoms with Gasteiger partial charge in [-0.15, -0.1) is 11.3 Å². The molecule has 0 aliphatic heterocycles. The van der Waals surface area contributed by atoms with Gasteiger partial charge in [-0.3, -0.25) is 10.1 Å². The Morgan fingerprint density at radius 1 is 1.06 bits per heavy atom. The number of hydrogen-bond acceptors (Lipinski definition) is 7. The van der Waals surface area contributed by atoms with E-state index in [4.69, 9.17) is 10.7 Å². The monoisotopic (exact) mass is 504 g/mol. The number of carbonyl (C=O) groups is 2. The predicted molar refractivity (Wildman–Crippen MR) is 145 cm³/mol. The number of aromatic nitrogens is 2. The van der Waals surface area contributed by atoms with Crippen molar-refractivity contribution in [2.75, 3.05) is 23.4 Å². The summed E-state index contributed by atoms with van der Waals surface area (Å²) in [5.74, 6) is 0.106. The molecule has 0 aliphatic carbocycles. The lowest BCUT2D eigenvalue weighted by atomic mass is 10.0. The molecule has 0 bridgehead atoms. The van der Waals surface area contributed by atoms with Crippen molar-refractivity contribution >= 4 is 56.8 Å². The molecule has 0 unspecified atom stereocenters. The van der Waals surface area contributed by atoms with E-state index in [0.29, 0.717) is 26.5 Å². The summed E-state index contributed by atoms with van der Waals surface area (Å²) in [6, 6.07) is 15.1. The van der Waals surface area contributed by atoms with Crippen molar-refractivity contribution in [3.8, 4) is 21.1 Å². The van der Waals surface area contributed by atoms with Gasteiger partial charge in [-0.2, -0.15) is 0 Å².